The number of hydrogen-bond donors (Lipinski definition) is 0. The number of nitro groups is 1. The Morgan fingerprint density at radius 2 is 1.88 bits per heavy atom. The molecule has 0 radical (unpaired) electrons. The Morgan fingerprint density at radius 3 is 2.46 bits per heavy atom. The molecule has 1 heterocycles. The van der Waals surface area contributed by atoms with Gasteiger partial charge in [0.05, 0.1) is 22.8 Å². The van der Waals surface area contributed by atoms with E-state index in [9.17, 15) is 19.7 Å². The number of fused-ring (bicyclic) bond motifs is 1. The van der Waals surface area contributed by atoms with E-state index in [2.05, 4.69) is 0 Å². The molecule has 0 aromatic heterocycles. The van der Waals surface area contributed by atoms with Crippen LogP contribution < -0.4 is 4.90 Å². The third kappa shape index (κ3) is 2.83. The second-order valence-corrected chi connectivity index (χ2v) is 5.62. The van der Waals surface area contributed by atoms with Crippen LogP contribution in [0.3, 0.4) is 0 Å². The summed E-state index contributed by atoms with van der Waals surface area (Å²) < 4.78 is 5.73. The third-order valence-electron chi connectivity index (χ3n) is 3.99. The zero-order valence-corrected chi connectivity index (χ0v) is 14.3. The molecule has 0 saturated heterocycles. The third-order valence-corrected chi connectivity index (χ3v) is 3.99. The standard InChI is InChI=1S/C19H16N2O5/c1-3-26-18(13-7-5-4-6-8-13)17-15-10-9-14(21(24)25)11-16(15)20(12(2)22)19(17)23/h4-11H,3H2,1-2H3/b18-17+. The van der Waals surface area contributed by atoms with E-state index in [0.717, 1.165) is 4.90 Å². The van der Waals surface area contributed by atoms with E-state index in [0.29, 0.717) is 23.5 Å². The predicted octanol–water partition coefficient (Wildman–Crippen LogP) is 3.39. The van der Waals surface area contributed by atoms with Crippen LogP contribution in [0.25, 0.3) is 11.3 Å². The Balaban J connectivity index is 2.30. The van der Waals surface area contributed by atoms with Gasteiger partial charge >= 0.3 is 0 Å². The van der Waals surface area contributed by atoms with Gasteiger partial charge in [-0.1, -0.05) is 30.3 Å². The second kappa shape index (κ2) is 6.79. The van der Waals surface area contributed by atoms with E-state index in [-0.39, 0.29) is 16.9 Å². The maximum atomic E-state index is 13.0. The van der Waals surface area contributed by atoms with E-state index in [1.807, 2.05) is 18.2 Å². The number of imide groups is 1. The van der Waals surface area contributed by atoms with Gasteiger partial charge in [0.2, 0.25) is 5.91 Å². The zero-order chi connectivity index (χ0) is 18.8. The Bertz CT molecular complexity index is 934. The predicted molar refractivity (Wildman–Crippen MR) is 96.1 cm³/mol. The van der Waals surface area contributed by atoms with Crippen LogP contribution in [0.15, 0.2) is 48.5 Å². The lowest BCUT2D eigenvalue weighted by molar-refractivity contribution is -0.384. The van der Waals surface area contributed by atoms with Gasteiger partial charge in [-0.15, -0.1) is 0 Å². The summed E-state index contributed by atoms with van der Waals surface area (Å²) in [6, 6.07) is 13.1. The van der Waals surface area contributed by atoms with Crippen LogP contribution in [0.2, 0.25) is 0 Å². The number of nitrogens with zero attached hydrogens (tertiary/aromatic N) is 2. The monoisotopic (exact) mass is 352 g/mol. The maximum absolute atomic E-state index is 13.0. The molecule has 0 fully saturated rings. The van der Waals surface area contributed by atoms with Crippen LogP contribution in [0.5, 0.6) is 0 Å². The molecule has 0 atom stereocenters. The number of rotatable bonds is 4. The van der Waals surface area contributed by atoms with Crippen molar-refractivity contribution in [3.63, 3.8) is 0 Å². The molecule has 132 valence electrons. The van der Waals surface area contributed by atoms with Crippen LogP contribution in [0.4, 0.5) is 11.4 Å². The lowest BCUT2D eigenvalue weighted by atomic mass is 10.0. The fourth-order valence-corrected chi connectivity index (χ4v) is 2.93. The topological polar surface area (TPSA) is 89.8 Å². The van der Waals surface area contributed by atoms with Crippen LogP contribution in [0, 0.1) is 10.1 Å². The molecule has 26 heavy (non-hydrogen) atoms. The highest BCUT2D eigenvalue weighted by Crippen LogP contribution is 2.42. The summed E-state index contributed by atoms with van der Waals surface area (Å²) in [6.07, 6.45) is 0. The first-order valence-electron chi connectivity index (χ1n) is 8.02. The summed E-state index contributed by atoms with van der Waals surface area (Å²) in [5.41, 5.74) is 1.34. The molecule has 2 aromatic carbocycles. The van der Waals surface area contributed by atoms with Gasteiger partial charge in [0, 0.05) is 30.2 Å². The van der Waals surface area contributed by atoms with Gasteiger partial charge in [0.15, 0.2) is 0 Å². The molecule has 3 rings (SSSR count). The number of anilines is 1. The minimum Gasteiger partial charge on any atom is -0.492 e. The van der Waals surface area contributed by atoms with Crippen molar-refractivity contribution in [3.8, 4) is 0 Å². The molecule has 1 aliphatic rings. The number of carbonyl (C=O) groups is 2. The zero-order valence-electron chi connectivity index (χ0n) is 14.3. The molecular formula is C19H16N2O5. The van der Waals surface area contributed by atoms with Crippen LogP contribution in [-0.2, 0) is 14.3 Å². The van der Waals surface area contributed by atoms with Gasteiger partial charge < -0.3 is 4.74 Å². The molecular weight excluding hydrogens is 336 g/mol. The number of nitro benzene ring substituents is 1. The number of ether oxygens (including phenoxy) is 1. The Hall–Kier alpha value is -3.48. The number of amides is 2. The number of benzene rings is 2. The van der Waals surface area contributed by atoms with E-state index < -0.39 is 16.7 Å². The van der Waals surface area contributed by atoms with Crippen molar-refractivity contribution in [2.24, 2.45) is 0 Å². The van der Waals surface area contributed by atoms with Crippen molar-refractivity contribution in [3.05, 3.63) is 69.8 Å². The van der Waals surface area contributed by atoms with Crippen LogP contribution in [0.1, 0.15) is 25.0 Å². The molecule has 0 bridgehead atoms. The highest BCUT2D eigenvalue weighted by Gasteiger charge is 2.39. The summed E-state index contributed by atoms with van der Waals surface area (Å²) in [4.78, 5) is 36.5. The van der Waals surface area contributed by atoms with Crippen molar-refractivity contribution in [1.82, 2.24) is 0 Å². The fourth-order valence-electron chi connectivity index (χ4n) is 2.93. The highest BCUT2D eigenvalue weighted by molar-refractivity contribution is 6.43. The summed E-state index contributed by atoms with van der Waals surface area (Å²) >= 11 is 0. The summed E-state index contributed by atoms with van der Waals surface area (Å²) in [5, 5.41) is 11.1. The quantitative estimate of drug-likeness (QED) is 0.364. The maximum Gasteiger partial charge on any atom is 0.271 e. The van der Waals surface area contributed by atoms with Crippen molar-refractivity contribution in [2.45, 2.75) is 13.8 Å². The first-order chi connectivity index (χ1) is 12.5. The molecule has 2 aromatic rings. The SMILES string of the molecule is CCO/C(=C1/C(=O)N(C(C)=O)c2cc([N+](=O)[O-])ccc21)c1ccccc1. The summed E-state index contributed by atoms with van der Waals surface area (Å²) in [6.45, 7) is 3.36. The van der Waals surface area contributed by atoms with Crippen molar-refractivity contribution >= 4 is 34.5 Å². The average Bonchev–Trinajstić information content (AvgIpc) is 2.91. The average molecular weight is 352 g/mol. The van der Waals surface area contributed by atoms with Gasteiger partial charge in [-0.05, 0) is 13.0 Å². The molecule has 7 nitrogen and oxygen atoms in total. The number of non-ortho nitro benzene ring substituents is 1. The van der Waals surface area contributed by atoms with E-state index in [1.54, 1.807) is 19.1 Å². The lowest BCUT2D eigenvalue weighted by Crippen LogP contribution is -2.31. The highest BCUT2D eigenvalue weighted by atomic mass is 16.6. The normalized spacial score (nSPS) is 14.8. The van der Waals surface area contributed by atoms with Crippen LogP contribution in [-0.4, -0.2) is 23.3 Å². The van der Waals surface area contributed by atoms with E-state index in [1.165, 1.54) is 25.1 Å². The van der Waals surface area contributed by atoms with Gasteiger partial charge in [0.25, 0.3) is 11.6 Å². The van der Waals surface area contributed by atoms with E-state index in [4.69, 9.17) is 4.74 Å². The Morgan fingerprint density at radius 1 is 1.19 bits per heavy atom. The smallest absolute Gasteiger partial charge is 0.271 e. The Kier molecular flexibility index (Phi) is 4.53. The van der Waals surface area contributed by atoms with Crippen LogP contribution >= 0.6 is 0 Å². The second-order valence-electron chi connectivity index (χ2n) is 5.62. The van der Waals surface area contributed by atoms with Crippen molar-refractivity contribution in [1.29, 1.82) is 0 Å². The van der Waals surface area contributed by atoms with Gasteiger partial charge in [-0.25, -0.2) is 4.90 Å². The first kappa shape index (κ1) is 17.3. The lowest BCUT2D eigenvalue weighted by Gasteiger charge is -2.13. The first-order valence-corrected chi connectivity index (χ1v) is 8.02. The fraction of sp³-hybridized carbons (Fsp3) is 0.158. The van der Waals surface area contributed by atoms with Crippen molar-refractivity contribution in [2.75, 3.05) is 11.5 Å². The largest absolute Gasteiger partial charge is 0.492 e. The molecule has 2 amide bonds. The molecule has 0 spiro atoms. The molecule has 7 heteroatoms. The molecule has 0 saturated carbocycles. The molecule has 0 unspecified atom stereocenters. The molecule has 1 aliphatic heterocycles. The van der Waals surface area contributed by atoms with E-state index >= 15 is 0 Å². The number of hydrogen-bond acceptors (Lipinski definition) is 5. The molecule has 0 aliphatic carbocycles. The summed E-state index contributed by atoms with van der Waals surface area (Å²) in [7, 11) is 0. The summed E-state index contributed by atoms with van der Waals surface area (Å²) in [5.74, 6) is -0.729. The van der Waals surface area contributed by atoms with Crippen molar-refractivity contribution < 1.29 is 19.2 Å². The Labute approximate surface area is 149 Å². The minimum atomic E-state index is -0.564. The van der Waals surface area contributed by atoms with Gasteiger partial charge in [-0.2, -0.15) is 0 Å². The molecule has 0 N–H and O–H groups in total. The van der Waals surface area contributed by atoms with Gasteiger partial charge in [-0.3, -0.25) is 19.7 Å². The van der Waals surface area contributed by atoms with Gasteiger partial charge in [0.1, 0.15) is 5.76 Å². The number of carbonyl (C=O) groups excluding carboxylic acids is 2. The minimum absolute atomic E-state index is 0.193.